The van der Waals surface area contributed by atoms with Gasteiger partial charge in [-0.2, -0.15) is 13.2 Å². The fourth-order valence-corrected chi connectivity index (χ4v) is 4.48. The van der Waals surface area contributed by atoms with Crippen molar-refractivity contribution in [2.45, 2.75) is 11.5 Å². The number of hydrogen-bond donors (Lipinski definition) is 3. The lowest BCUT2D eigenvalue weighted by atomic mass is 10.2. The van der Waals surface area contributed by atoms with E-state index in [-0.39, 0.29) is 54.2 Å². The third-order valence-electron chi connectivity index (χ3n) is 5.12. The highest BCUT2D eigenvalue weighted by atomic mass is 35.5. The van der Waals surface area contributed by atoms with Crippen LogP contribution >= 0.6 is 23.2 Å². The van der Waals surface area contributed by atoms with E-state index in [1.807, 2.05) is 0 Å². The number of amides is 1. The van der Waals surface area contributed by atoms with Crippen molar-refractivity contribution in [2.24, 2.45) is 5.14 Å². The minimum atomic E-state index is -5.13. The van der Waals surface area contributed by atoms with E-state index >= 15 is 4.39 Å². The van der Waals surface area contributed by atoms with Crippen LogP contribution in [0.4, 0.5) is 33.3 Å². The number of rotatable bonds is 7. The van der Waals surface area contributed by atoms with Gasteiger partial charge >= 0.3 is 6.61 Å². The van der Waals surface area contributed by atoms with Crippen LogP contribution in [0.15, 0.2) is 17.0 Å². The zero-order valence-corrected chi connectivity index (χ0v) is 20.2. The zero-order valence-electron chi connectivity index (χ0n) is 17.9. The molecule has 17 heteroatoms. The van der Waals surface area contributed by atoms with E-state index in [2.05, 4.69) is 10.1 Å². The molecule has 4 N–H and O–H groups in total. The minimum absolute atomic E-state index is 0.0902. The van der Waals surface area contributed by atoms with Gasteiger partial charge in [-0.25, -0.2) is 22.3 Å². The highest BCUT2D eigenvalue weighted by molar-refractivity contribution is 7.89. The number of carbonyl (C=O) groups is 1. The molecular weight excluding hydrogens is 562 g/mol. The molecule has 0 atom stereocenters. The summed E-state index contributed by atoms with van der Waals surface area (Å²) < 4.78 is 96.5. The first-order chi connectivity index (χ1) is 16.7. The quantitative estimate of drug-likeness (QED) is 0.262. The van der Waals surface area contributed by atoms with Crippen molar-refractivity contribution in [1.82, 2.24) is 4.90 Å². The number of nitrogens with two attached hydrogens (primary N) is 1. The maximum Gasteiger partial charge on any atom is 0.387 e. The number of alkyl halides is 2. The van der Waals surface area contributed by atoms with Gasteiger partial charge in [0.2, 0.25) is 21.7 Å². The number of halogens is 7. The number of primary sulfonamides is 1. The molecule has 2 aromatic rings. The molecule has 36 heavy (non-hydrogen) atoms. The highest BCUT2D eigenvalue weighted by Gasteiger charge is 2.36. The molecule has 1 saturated heterocycles. The molecular formula is C19H17Cl2F5N4O5S. The number of phenolic OH excluding ortho intramolecular Hbond substituents is 1. The van der Waals surface area contributed by atoms with E-state index in [9.17, 15) is 35.9 Å². The van der Waals surface area contributed by atoms with Crippen LogP contribution < -0.4 is 20.1 Å². The molecule has 0 spiro atoms. The van der Waals surface area contributed by atoms with Gasteiger partial charge in [-0.05, 0) is 6.07 Å². The molecule has 0 aromatic heterocycles. The van der Waals surface area contributed by atoms with E-state index in [4.69, 9.17) is 28.3 Å². The van der Waals surface area contributed by atoms with Crippen molar-refractivity contribution in [1.29, 1.82) is 0 Å². The molecule has 1 heterocycles. The summed E-state index contributed by atoms with van der Waals surface area (Å²) in [7, 11) is -5.13. The van der Waals surface area contributed by atoms with Gasteiger partial charge in [0.1, 0.15) is 11.4 Å². The highest BCUT2D eigenvalue weighted by Crippen LogP contribution is 2.41. The Morgan fingerprint density at radius 1 is 1.08 bits per heavy atom. The van der Waals surface area contributed by atoms with Crippen LogP contribution in [-0.2, 0) is 14.8 Å². The summed E-state index contributed by atoms with van der Waals surface area (Å²) in [6, 6.07) is 2.46. The second-order valence-corrected chi connectivity index (χ2v) is 9.69. The summed E-state index contributed by atoms with van der Waals surface area (Å²) in [5.74, 6) is -8.69. The third-order valence-corrected chi connectivity index (χ3v) is 6.77. The second-order valence-electron chi connectivity index (χ2n) is 7.38. The number of nitrogens with one attached hydrogen (secondary N) is 1. The number of anilines is 2. The number of benzene rings is 2. The fraction of sp³-hybridized carbons (Fsp3) is 0.316. The summed E-state index contributed by atoms with van der Waals surface area (Å²) in [6.07, 6.45) is 0. The van der Waals surface area contributed by atoms with Gasteiger partial charge in [-0.3, -0.25) is 4.79 Å². The molecule has 0 radical (unpaired) electrons. The van der Waals surface area contributed by atoms with E-state index in [1.54, 1.807) is 0 Å². The number of carbonyl (C=O) groups excluding carboxylic acids is 1. The average molecular weight is 579 g/mol. The van der Waals surface area contributed by atoms with Crippen molar-refractivity contribution >= 4 is 50.5 Å². The monoisotopic (exact) mass is 578 g/mol. The standard InChI is InChI=1S/C19H17Cl2F5N4O5S/c20-8-5-10(11(31)6-9(8)21)28-7-12(32)29-1-3-30(4-2-29)16-15(24)18(36(27,33)34)14(23)13(22)17(16)35-19(25)26/h5-6,19,28,31H,1-4,7H2,(H2,27,33,34). The van der Waals surface area contributed by atoms with Crippen LogP contribution in [0.1, 0.15) is 0 Å². The average Bonchev–Trinajstić information content (AvgIpc) is 2.78. The molecule has 1 fully saturated rings. The van der Waals surface area contributed by atoms with Gasteiger partial charge in [-0.1, -0.05) is 23.2 Å². The first-order valence-corrected chi connectivity index (χ1v) is 12.1. The van der Waals surface area contributed by atoms with Gasteiger partial charge < -0.3 is 25.0 Å². The van der Waals surface area contributed by atoms with Crippen molar-refractivity contribution < 1.29 is 45.0 Å². The Hall–Kier alpha value is -2.75. The van der Waals surface area contributed by atoms with Crippen molar-refractivity contribution in [3.05, 3.63) is 39.6 Å². The number of piperazine rings is 1. The maximum absolute atomic E-state index is 15.0. The molecule has 1 aliphatic heterocycles. The molecule has 3 rings (SSSR count). The summed E-state index contributed by atoms with van der Waals surface area (Å²) in [5, 5.41) is 17.5. The van der Waals surface area contributed by atoms with Crippen molar-refractivity contribution in [3.8, 4) is 11.5 Å². The first-order valence-electron chi connectivity index (χ1n) is 9.85. The molecule has 1 aliphatic rings. The lowest BCUT2D eigenvalue weighted by Gasteiger charge is -2.37. The van der Waals surface area contributed by atoms with E-state index in [1.165, 1.54) is 17.0 Å². The Morgan fingerprint density at radius 2 is 1.67 bits per heavy atom. The smallest absolute Gasteiger partial charge is 0.387 e. The zero-order chi connectivity index (χ0) is 26.9. The molecule has 2 aromatic carbocycles. The number of ether oxygens (including phenoxy) is 1. The number of phenols is 1. The number of aromatic hydroxyl groups is 1. The number of hydrogen-bond acceptors (Lipinski definition) is 7. The summed E-state index contributed by atoms with van der Waals surface area (Å²) in [6.45, 7) is -4.90. The topological polar surface area (TPSA) is 125 Å². The van der Waals surface area contributed by atoms with Crippen LogP contribution in [0.5, 0.6) is 11.5 Å². The van der Waals surface area contributed by atoms with E-state index in [0.29, 0.717) is 0 Å². The Labute approximate surface area is 211 Å². The molecule has 0 saturated carbocycles. The van der Waals surface area contributed by atoms with Crippen molar-refractivity contribution in [2.75, 3.05) is 42.9 Å². The fourth-order valence-electron chi connectivity index (χ4n) is 3.48. The van der Waals surface area contributed by atoms with Crippen LogP contribution in [0.2, 0.25) is 10.0 Å². The molecule has 0 aliphatic carbocycles. The molecule has 9 nitrogen and oxygen atoms in total. The van der Waals surface area contributed by atoms with Gasteiger partial charge in [0.05, 0.1) is 22.3 Å². The predicted molar refractivity (Wildman–Crippen MR) is 120 cm³/mol. The van der Waals surface area contributed by atoms with Gasteiger partial charge in [0.15, 0.2) is 22.3 Å². The number of nitrogens with zero attached hydrogens (tertiary/aromatic N) is 2. The van der Waals surface area contributed by atoms with Gasteiger partial charge in [-0.15, -0.1) is 0 Å². The number of sulfonamides is 1. The molecule has 0 unspecified atom stereocenters. The lowest BCUT2D eigenvalue weighted by molar-refractivity contribution is -0.129. The van der Waals surface area contributed by atoms with Crippen molar-refractivity contribution in [3.63, 3.8) is 0 Å². The first kappa shape index (κ1) is 27.8. The Kier molecular flexibility index (Phi) is 8.27. The normalized spacial score (nSPS) is 14.4. The molecule has 0 bridgehead atoms. The Morgan fingerprint density at radius 3 is 2.22 bits per heavy atom. The summed E-state index contributed by atoms with van der Waals surface area (Å²) in [5.41, 5.74) is -0.964. The Balaban J connectivity index is 1.80. The van der Waals surface area contributed by atoms with Gasteiger partial charge in [0, 0.05) is 32.2 Å². The predicted octanol–water partition coefficient (Wildman–Crippen LogP) is 3.13. The second kappa shape index (κ2) is 10.7. The molecule has 198 valence electrons. The Bertz CT molecular complexity index is 1290. The summed E-state index contributed by atoms with van der Waals surface area (Å²) >= 11 is 11.7. The summed E-state index contributed by atoms with van der Waals surface area (Å²) in [4.78, 5) is 12.9. The van der Waals surface area contributed by atoms with Gasteiger partial charge in [0.25, 0.3) is 0 Å². The SMILES string of the molecule is NS(=O)(=O)c1c(F)c(F)c(OC(F)F)c(N2CCN(C(=O)CNc3cc(Cl)c(Cl)cc3O)CC2)c1F. The van der Waals surface area contributed by atoms with E-state index < -0.39 is 56.3 Å². The maximum atomic E-state index is 15.0. The van der Waals surface area contributed by atoms with Crippen LogP contribution in [0, 0.1) is 17.5 Å². The largest absolute Gasteiger partial charge is 0.506 e. The van der Waals surface area contributed by atoms with Crippen LogP contribution in [0.25, 0.3) is 0 Å². The van der Waals surface area contributed by atoms with E-state index in [0.717, 1.165) is 4.90 Å². The van der Waals surface area contributed by atoms with Crippen LogP contribution in [0.3, 0.4) is 0 Å². The lowest BCUT2D eigenvalue weighted by Crippen LogP contribution is -2.50. The minimum Gasteiger partial charge on any atom is -0.506 e. The third kappa shape index (κ3) is 5.79. The van der Waals surface area contributed by atoms with Crippen LogP contribution in [-0.4, -0.2) is 63.7 Å². The molecule has 1 amide bonds.